The summed E-state index contributed by atoms with van der Waals surface area (Å²) in [5.41, 5.74) is 7.88. The monoisotopic (exact) mass is 326 g/mol. The van der Waals surface area contributed by atoms with E-state index >= 15 is 0 Å². The second-order valence-corrected chi connectivity index (χ2v) is 5.51. The largest absolute Gasteiger partial charge is 0.351 e. The van der Waals surface area contributed by atoms with Crippen LogP contribution in [0.15, 0.2) is 48.8 Å². The fraction of sp³-hybridized carbons (Fsp3) is 0.278. The summed E-state index contributed by atoms with van der Waals surface area (Å²) in [6.07, 6.45) is 4.68. The Morgan fingerprint density at radius 1 is 1.21 bits per heavy atom. The lowest BCUT2D eigenvalue weighted by atomic mass is 10.1. The van der Waals surface area contributed by atoms with Crippen LogP contribution >= 0.6 is 0 Å². The van der Waals surface area contributed by atoms with Crippen molar-refractivity contribution in [3.63, 3.8) is 0 Å². The topological polar surface area (TPSA) is 97.1 Å². The minimum atomic E-state index is -0.465. The van der Waals surface area contributed by atoms with Gasteiger partial charge in [-0.1, -0.05) is 25.5 Å². The van der Waals surface area contributed by atoms with Crippen LogP contribution in [0.5, 0.6) is 0 Å². The van der Waals surface area contributed by atoms with Crippen molar-refractivity contribution in [1.82, 2.24) is 10.3 Å². The van der Waals surface area contributed by atoms with Crippen molar-refractivity contribution in [3.8, 4) is 0 Å². The molecule has 2 amide bonds. The van der Waals surface area contributed by atoms with Crippen molar-refractivity contribution < 1.29 is 9.59 Å². The molecule has 126 valence electrons. The van der Waals surface area contributed by atoms with Gasteiger partial charge in [-0.2, -0.15) is 0 Å². The predicted octanol–water partition coefficient (Wildman–Crippen LogP) is 2.08. The maximum atomic E-state index is 12.0. The normalized spacial score (nSPS) is 11.6. The Balaban J connectivity index is 1.87. The van der Waals surface area contributed by atoms with Crippen molar-refractivity contribution in [2.45, 2.75) is 32.4 Å². The van der Waals surface area contributed by atoms with Crippen LogP contribution in [-0.2, 0) is 11.3 Å². The van der Waals surface area contributed by atoms with Crippen molar-refractivity contribution in [2.24, 2.45) is 5.73 Å². The Hall–Kier alpha value is -2.73. The van der Waals surface area contributed by atoms with E-state index in [9.17, 15) is 9.59 Å². The van der Waals surface area contributed by atoms with E-state index in [1.807, 2.05) is 19.1 Å². The van der Waals surface area contributed by atoms with E-state index in [2.05, 4.69) is 15.6 Å². The van der Waals surface area contributed by atoms with Crippen LogP contribution in [0, 0.1) is 0 Å². The molecule has 24 heavy (non-hydrogen) atoms. The molecule has 1 atom stereocenters. The Bertz CT molecular complexity index is 671. The molecular weight excluding hydrogens is 304 g/mol. The number of carbonyl (C=O) groups excluding carboxylic acids is 2. The average molecular weight is 326 g/mol. The number of aromatic nitrogens is 1. The number of pyridine rings is 1. The van der Waals surface area contributed by atoms with Crippen LogP contribution in [-0.4, -0.2) is 22.8 Å². The van der Waals surface area contributed by atoms with E-state index in [4.69, 9.17) is 5.73 Å². The summed E-state index contributed by atoms with van der Waals surface area (Å²) in [5.74, 6) is -0.361. The number of anilines is 1. The summed E-state index contributed by atoms with van der Waals surface area (Å²) in [4.78, 5) is 27.7. The van der Waals surface area contributed by atoms with E-state index in [-0.39, 0.29) is 11.8 Å². The standard InChI is InChI=1S/C18H22N4O2/c1-2-4-16(19)18(24)21-11-13-6-8-15(9-7-13)22-17(23)14-5-3-10-20-12-14/h3,5-10,12,16H,2,4,11,19H2,1H3,(H,21,24)(H,22,23). The minimum absolute atomic E-state index is 0.147. The summed E-state index contributed by atoms with van der Waals surface area (Å²) >= 11 is 0. The lowest BCUT2D eigenvalue weighted by molar-refractivity contribution is -0.122. The highest BCUT2D eigenvalue weighted by Gasteiger charge is 2.11. The van der Waals surface area contributed by atoms with E-state index in [1.54, 1.807) is 30.5 Å². The zero-order chi connectivity index (χ0) is 17.4. The molecule has 6 nitrogen and oxygen atoms in total. The Morgan fingerprint density at radius 3 is 2.58 bits per heavy atom. The third kappa shape index (κ3) is 5.17. The number of hydrogen-bond acceptors (Lipinski definition) is 4. The molecule has 0 aliphatic rings. The van der Waals surface area contributed by atoms with Gasteiger partial charge in [-0.15, -0.1) is 0 Å². The molecule has 1 unspecified atom stereocenters. The zero-order valence-electron chi connectivity index (χ0n) is 13.7. The first kappa shape index (κ1) is 17.6. The van der Waals surface area contributed by atoms with Crippen molar-refractivity contribution in [2.75, 3.05) is 5.32 Å². The van der Waals surface area contributed by atoms with Gasteiger partial charge in [-0.3, -0.25) is 14.6 Å². The quantitative estimate of drug-likeness (QED) is 0.725. The van der Waals surface area contributed by atoms with Crippen LogP contribution in [0.4, 0.5) is 5.69 Å². The first-order chi connectivity index (χ1) is 11.6. The SMILES string of the molecule is CCCC(N)C(=O)NCc1ccc(NC(=O)c2cccnc2)cc1. The maximum Gasteiger partial charge on any atom is 0.257 e. The predicted molar refractivity (Wildman–Crippen MR) is 93.4 cm³/mol. The lowest BCUT2D eigenvalue weighted by Crippen LogP contribution is -2.40. The van der Waals surface area contributed by atoms with Gasteiger partial charge in [0.2, 0.25) is 5.91 Å². The minimum Gasteiger partial charge on any atom is -0.351 e. The fourth-order valence-electron chi connectivity index (χ4n) is 2.17. The summed E-state index contributed by atoms with van der Waals surface area (Å²) in [6.45, 7) is 2.40. The Kier molecular flexibility index (Phi) is 6.45. The van der Waals surface area contributed by atoms with Gasteiger partial charge in [0.05, 0.1) is 11.6 Å². The molecule has 0 aliphatic heterocycles. The van der Waals surface area contributed by atoms with Gasteiger partial charge in [0.1, 0.15) is 0 Å². The van der Waals surface area contributed by atoms with Gasteiger partial charge in [-0.25, -0.2) is 0 Å². The van der Waals surface area contributed by atoms with Gasteiger partial charge in [0.25, 0.3) is 5.91 Å². The molecule has 1 heterocycles. The second kappa shape index (κ2) is 8.79. The lowest BCUT2D eigenvalue weighted by Gasteiger charge is -2.11. The highest BCUT2D eigenvalue weighted by Crippen LogP contribution is 2.11. The summed E-state index contributed by atoms with van der Waals surface area (Å²) in [6, 6.07) is 10.2. The smallest absolute Gasteiger partial charge is 0.257 e. The van der Waals surface area contributed by atoms with Gasteiger partial charge in [-0.05, 0) is 36.2 Å². The molecule has 6 heteroatoms. The Morgan fingerprint density at radius 2 is 1.96 bits per heavy atom. The number of nitrogens with two attached hydrogens (primary N) is 1. The molecule has 0 spiro atoms. The Labute approximate surface area is 141 Å². The second-order valence-electron chi connectivity index (χ2n) is 5.51. The summed E-state index contributed by atoms with van der Waals surface area (Å²) in [7, 11) is 0. The number of nitrogens with zero attached hydrogens (tertiary/aromatic N) is 1. The number of benzene rings is 1. The average Bonchev–Trinajstić information content (AvgIpc) is 2.61. The number of nitrogens with one attached hydrogen (secondary N) is 2. The van der Waals surface area contributed by atoms with Crippen LogP contribution in [0.3, 0.4) is 0 Å². The molecule has 0 aliphatic carbocycles. The fourth-order valence-corrected chi connectivity index (χ4v) is 2.17. The third-order valence-corrected chi connectivity index (χ3v) is 3.54. The van der Waals surface area contributed by atoms with E-state index in [0.717, 1.165) is 12.0 Å². The molecule has 1 aromatic heterocycles. The molecule has 4 N–H and O–H groups in total. The maximum absolute atomic E-state index is 12.0. The molecule has 0 saturated carbocycles. The van der Waals surface area contributed by atoms with Gasteiger partial charge in [0.15, 0.2) is 0 Å². The van der Waals surface area contributed by atoms with Crippen LogP contribution in [0.2, 0.25) is 0 Å². The number of hydrogen-bond donors (Lipinski definition) is 3. The molecule has 1 aromatic carbocycles. The highest BCUT2D eigenvalue weighted by atomic mass is 16.2. The molecule has 0 fully saturated rings. The van der Waals surface area contributed by atoms with Gasteiger partial charge in [0, 0.05) is 24.6 Å². The number of amides is 2. The molecule has 0 radical (unpaired) electrons. The number of carbonyl (C=O) groups is 2. The number of rotatable bonds is 7. The van der Waals surface area contributed by atoms with Crippen molar-refractivity contribution in [1.29, 1.82) is 0 Å². The zero-order valence-corrected chi connectivity index (χ0v) is 13.7. The molecule has 0 bridgehead atoms. The first-order valence-electron chi connectivity index (χ1n) is 7.93. The summed E-state index contributed by atoms with van der Waals surface area (Å²) < 4.78 is 0. The summed E-state index contributed by atoms with van der Waals surface area (Å²) in [5, 5.41) is 5.61. The van der Waals surface area contributed by atoms with Gasteiger partial charge >= 0.3 is 0 Å². The molecule has 2 rings (SSSR count). The van der Waals surface area contributed by atoms with E-state index < -0.39 is 6.04 Å². The van der Waals surface area contributed by atoms with Crippen molar-refractivity contribution in [3.05, 3.63) is 59.9 Å². The van der Waals surface area contributed by atoms with Gasteiger partial charge < -0.3 is 16.4 Å². The molecule has 0 saturated heterocycles. The van der Waals surface area contributed by atoms with Crippen LogP contribution in [0.1, 0.15) is 35.7 Å². The van der Waals surface area contributed by atoms with E-state index in [0.29, 0.717) is 24.2 Å². The van der Waals surface area contributed by atoms with Crippen LogP contribution in [0.25, 0.3) is 0 Å². The third-order valence-electron chi connectivity index (χ3n) is 3.54. The molecular formula is C18H22N4O2. The first-order valence-corrected chi connectivity index (χ1v) is 7.93. The van der Waals surface area contributed by atoms with Crippen LogP contribution < -0.4 is 16.4 Å². The van der Waals surface area contributed by atoms with E-state index in [1.165, 1.54) is 6.20 Å². The van der Waals surface area contributed by atoms with Crippen molar-refractivity contribution >= 4 is 17.5 Å². The molecule has 2 aromatic rings. The highest BCUT2D eigenvalue weighted by molar-refractivity contribution is 6.04.